The average Bonchev–Trinajstić information content (AvgIpc) is 3.04. The van der Waals surface area contributed by atoms with Gasteiger partial charge in [-0.2, -0.15) is 0 Å². The molecule has 3 rings (SSSR count). The van der Waals surface area contributed by atoms with E-state index in [0.29, 0.717) is 24.4 Å². The third-order valence-corrected chi connectivity index (χ3v) is 4.70. The van der Waals surface area contributed by atoms with Crippen LogP contribution in [0.25, 0.3) is 0 Å². The van der Waals surface area contributed by atoms with E-state index in [4.69, 9.17) is 4.74 Å². The van der Waals surface area contributed by atoms with Crippen LogP contribution in [0.2, 0.25) is 0 Å². The standard InChI is InChI=1S/C17H25FN2O/c18-14-6-1-2-9-17(14)21-13-12-20-11-4-3-8-16(20)15-7-5-10-19-15/h1-2,6,9,15-16,19H,3-5,7-8,10-13H2. The van der Waals surface area contributed by atoms with E-state index < -0.39 is 0 Å². The van der Waals surface area contributed by atoms with Crippen molar-refractivity contribution in [3.63, 3.8) is 0 Å². The van der Waals surface area contributed by atoms with Crippen molar-refractivity contribution in [2.75, 3.05) is 26.2 Å². The maximum absolute atomic E-state index is 13.5. The highest BCUT2D eigenvalue weighted by Crippen LogP contribution is 2.24. The van der Waals surface area contributed by atoms with E-state index in [1.807, 2.05) is 6.07 Å². The molecule has 0 amide bonds. The minimum atomic E-state index is -0.273. The van der Waals surface area contributed by atoms with Crippen LogP contribution in [0.3, 0.4) is 0 Å². The number of rotatable bonds is 5. The van der Waals surface area contributed by atoms with Crippen LogP contribution >= 0.6 is 0 Å². The normalized spacial score (nSPS) is 26.9. The topological polar surface area (TPSA) is 24.5 Å². The molecule has 21 heavy (non-hydrogen) atoms. The van der Waals surface area contributed by atoms with Crippen molar-refractivity contribution in [1.29, 1.82) is 0 Å². The second-order valence-corrected chi connectivity index (χ2v) is 6.08. The lowest BCUT2D eigenvalue weighted by Crippen LogP contribution is -2.51. The van der Waals surface area contributed by atoms with Gasteiger partial charge in [0.05, 0.1) is 0 Å². The Bertz CT molecular complexity index is 448. The Labute approximate surface area is 126 Å². The molecule has 3 nitrogen and oxygen atoms in total. The van der Waals surface area contributed by atoms with E-state index in [1.54, 1.807) is 12.1 Å². The molecule has 0 bridgehead atoms. The van der Waals surface area contributed by atoms with E-state index in [9.17, 15) is 4.39 Å². The molecule has 2 saturated heterocycles. The predicted octanol–water partition coefficient (Wildman–Crippen LogP) is 2.81. The molecule has 2 heterocycles. The van der Waals surface area contributed by atoms with Crippen LogP contribution in [-0.4, -0.2) is 43.2 Å². The van der Waals surface area contributed by atoms with Gasteiger partial charge in [0, 0.05) is 18.6 Å². The number of benzene rings is 1. The van der Waals surface area contributed by atoms with Crippen molar-refractivity contribution < 1.29 is 9.13 Å². The maximum Gasteiger partial charge on any atom is 0.165 e. The van der Waals surface area contributed by atoms with E-state index in [2.05, 4.69) is 10.2 Å². The summed E-state index contributed by atoms with van der Waals surface area (Å²) in [5.74, 6) is 0.0928. The minimum Gasteiger partial charge on any atom is -0.489 e. The number of hydrogen-bond donors (Lipinski definition) is 1. The summed E-state index contributed by atoms with van der Waals surface area (Å²) in [4.78, 5) is 2.54. The molecule has 2 atom stereocenters. The van der Waals surface area contributed by atoms with Gasteiger partial charge in [-0.15, -0.1) is 0 Å². The number of nitrogens with zero attached hydrogens (tertiary/aromatic N) is 1. The first-order chi connectivity index (χ1) is 10.3. The Morgan fingerprint density at radius 1 is 1.19 bits per heavy atom. The second-order valence-electron chi connectivity index (χ2n) is 6.08. The summed E-state index contributed by atoms with van der Waals surface area (Å²) in [7, 11) is 0. The van der Waals surface area contributed by atoms with Gasteiger partial charge in [0.1, 0.15) is 6.61 Å². The molecule has 1 aromatic rings. The van der Waals surface area contributed by atoms with Gasteiger partial charge in [-0.1, -0.05) is 18.6 Å². The van der Waals surface area contributed by atoms with E-state index in [1.165, 1.54) is 38.2 Å². The van der Waals surface area contributed by atoms with Crippen molar-refractivity contribution in [1.82, 2.24) is 10.2 Å². The van der Waals surface area contributed by atoms with Gasteiger partial charge in [0.15, 0.2) is 11.6 Å². The molecule has 0 saturated carbocycles. The highest BCUT2D eigenvalue weighted by Gasteiger charge is 2.31. The molecule has 2 unspecified atom stereocenters. The average molecular weight is 292 g/mol. The summed E-state index contributed by atoms with van der Waals surface area (Å²) in [6.45, 7) is 3.74. The summed E-state index contributed by atoms with van der Waals surface area (Å²) in [5.41, 5.74) is 0. The molecule has 2 fully saturated rings. The Kier molecular flexibility index (Phi) is 5.09. The molecule has 0 aliphatic carbocycles. The summed E-state index contributed by atoms with van der Waals surface area (Å²) >= 11 is 0. The molecule has 1 aromatic carbocycles. The number of likely N-dealkylation sites (tertiary alicyclic amines) is 1. The van der Waals surface area contributed by atoms with E-state index >= 15 is 0 Å². The molecule has 2 aliphatic heterocycles. The van der Waals surface area contributed by atoms with Crippen LogP contribution in [0.4, 0.5) is 4.39 Å². The number of para-hydroxylation sites is 1. The molecule has 2 aliphatic rings. The lowest BCUT2D eigenvalue weighted by atomic mass is 9.94. The molecule has 0 spiro atoms. The van der Waals surface area contributed by atoms with Gasteiger partial charge in [-0.05, 0) is 50.9 Å². The quantitative estimate of drug-likeness (QED) is 0.903. The second kappa shape index (κ2) is 7.23. The Morgan fingerprint density at radius 2 is 2.10 bits per heavy atom. The van der Waals surface area contributed by atoms with E-state index in [-0.39, 0.29) is 5.82 Å². The van der Waals surface area contributed by atoms with Gasteiger partial charge in [0.25, 0.3) is 0 Å². The first kappa shape index (κ1) is 14.8. The first-order valence-electron chi connectivity index (χ1n) is 8.19. The number of halogens is 1. The Morgan fingerprint density at radius 3 is 2.90 bits per heavy atom. The van der Waals surface area contributed by atoms with Gasteiger partial charge < -0.3 is 10.1 Å². The van der Waals surface area contributed by atoms with Crippen molar-refractivity contribution in [3.8, 4) is 5.75 Å². The number of nitrogens with one attached hydrogen (secondary N) is 1. The monoisotopic (exact) mass is 292 g/mol. The summed E-state index contributed by atoms with van der Waals surface area (Å²) in [5, 5.41) is 3.63. The van der Waals surface area contributed by atoms with E-state index in [0.717, 1.165) is 19.6 Å². The zero-order valence-electron chi connectivity index (χ0n) is 12.6. The molecule has 0 radical (unpaired) electrons. The molecular formula is C17H25FN2O. The van der Waals surface area contributed by atoms with Crippen molar-refractivity contribution in [2.24, 2.45) is 0 Å². The fourth-order valence-electron chi connectivity index (χ4n) is 3.62. The summed E-state index contributed by atoms with van der Waals surface area (Å²) in [6, 6.07) is 7.91. The van der Waals surface area contributed by atoms with Gasteiger partial charge >= 0.3 is 0 Å². The first-order valence-corrected chi connectivity index (χ1v) is 8.19. The highest BCUT2D eigenvalue weighted by atomic mass is 19.1. The van der Waals surface area contributed by atoms with Crippen molar-refractivity contribution in [3.05, 3.63) is 30.1 Å². The van der Waals surface area contributed by atoms with Gasteiger partial charge in [0.2, 0.25) is 0 Å². The smallest absolute Gasteiger partial charge is 0.165 e. The molecule has 4 heteroatoms. The van der Waals surface area contributed by atoms with Crippen molar-refractivity contribution in [2.45, 2.75) is 44.2 Å². The largest absolute Gasteiger partial charge is 0.489 e. The molecule has 0 aromatic heterocycles. The predicted molar refractivity (Wildman–Crippen MR) is 82.1 cm³/mol. The van der Waals surface area contributed by atoms with Crippen molar-refractivity contribution >= 4 is 0 Å². The molecule has 1 N–H and O–H groups in total. The third-order valence-electron chi connectivity index (χ3n) is 4.70. The summed E-state index contributed by atoms with van der Waals surface area (Å²) < 4.78 is 19.1. The SMILES string of the molecule is Fc1ccccc1OCCN1CCCCC1C1CCCN1. The number of ether oxygens (including phenoxy) is 1. The summed E-state index contributed by atoms with van der Waals surface area (Å²) in [6.07, 6.45) is 6.45. The van der Waals surface area contributed by atoms with Crippen LogP contribution in [0.15, 0.2) is 24.3 Å². The zero-order chi connectivity index (χ0) is 14.5. The number of piperidine rings is 1. The third kappa shape index (κ3) is 3.74. The fraction of sp³-hybridized carbons (Fsp3) is 0.647. The number of hydrogen-bond acceptors (Lipinski definition) is 3. The van der Waals surface area contributed by atoms with Crippen LogP contribution < -0.4 is 10.1 Å². The Hall–Kier alpha value is -1.13. The lowest BCUT2D eigenvalue weighted by molar-refractivity contribution is 0.0998. The van der Waals surface area contributed by atoms with Crippen LogP contribution in [0, 0.1) is 5.82 Å². The Balaban J connectivity index is 1.51. The fourth-order valence-corrected chi connectivity index (χ4v) is 3.62. The lowest BCUT2D eigenvalue weighted by Gasteiger charge is -2.39. The van der Waals surface area contributed by atoms with Crippen LogP contribution in [0.1, 0.15) is 32.1 Å². The van der Waals surface area contributed by atoms with Gasteiger partial charge in [-0.3, -0.25) is 4.90 Å². The van der Waals surface area contributed by atoms with Crippen LogP contribution in [-0.2, 0) is 0 Å². The zero-order valence-corrected chi connectivity index (χ0v) is 12.6. The van der Waals surface area contributed by atoms with Gasteiger partial charge in [-0.25, -0.2) is 4.39 Å². The molecular weight excluding hydrogens is 267 g/mol. The molecule has 116 valence electrons. The highest BCUT2D eigenvalue weighted by molar-refractivity contribution is 5.23. The van der Waals surface area contributed by atoms with Crippen LogP contribution in [0.5, 0.6) is 5.75 Å². The maximum atomic E-state index is 13.5. The minimum absolute atomic E-state index is 0.273.